The van der Waals surface area contributed by atoms with Gasteiger partial charge >= 0.3 is 0 Å². The van der Waals surface area contributed by atoms with Gasteiger partial charge in [-0.25, -0.2) is 0 Å². The third kappa shape index (κ3) is 4.58. The van der Waals surface area contributed by atoms with Crippen LogP contribution < -0.4 is 10.6 Å². The number of hydrogen-bond donors (Lipinski definition) is 2. The molecule has 4 bridgehead atoms. The van der Waals surface area contributed by atoms with Crippen molar-refractivity contribution in [3.05, 3.63) is 28.3 Å². The number of halogens is 1. The number of nitrogens with zero attached hydrogens (tertiary/aromatic N) is 1. The van der Waals surface area contributed by atoms with E-state index < -0.39 is 5.91 Å². The summed E-state index contributed by atoms with van der Waals surface area (Å²) in [6.45, 7) is 3.63. The van der Waals surface area contributed by atoms with Gasteiger partial charge in [0.2, 0.25) is 0 Å². The van der Waals surface area contributed by atoms with E-state index in [2.05, 4.69) is 15.8 Å². The second kappa shape index (κ2) is 7.98. The maximum Gasteiger partial charge on any atom is 0.270 e. The molecule has 0 saturated heterocycles. The van der Waals surface area contributed by atoms with Crippen LogP contribution in [0.2, 0.25) is 5.02 Å². The van der Waals surface area contributed by atoms with Crippen LogP contribution in [0.15, 0.2) is 17.3 Å². The summed E-state index contributed by atoms with van der Waals surface area (Å²) in [7, 11) is 0. The third-order valence-corrected chi connectivity index (χ3v) is 6.86. The molecule has 4 fully saturated rings. The largest absolute Gasteiger partial charge is 0.386 e. The highest BCUT2D eigenvalue weighted by atomic mass is 35.5. The molecule has 0 spiro atoms. The standard InChI is InChI=1S/C22H28ClN3O3/c1-13-3-14(2)21(18(23)4-13)25-19(27)11-24-29-12-20(28)26-22-8-15-5-16(9-22)7-17(6-15)10-22/h3-4,11,15-17H,5-10,12H2,1-2H3,(H,25,27)(H,26,28). The van der Waals surface area contributed by atoms with E-state index in [9.17, 15) is 9.59 Å². The third-order valence-electron chi connectivity index (χ3n) is 6.56. The molecule has 0 heterocycles. The lowest BCUT2D eigenvalue weighted by Gasteiger charge is -2.56. The summed E-state index contributed by atoms with van der Waals surface area (Å²) >= 11 is 6.19. The first-order valence-electron chi connectivity index (χ1n) is 10.4. The van der Waals surface area contributed by atoms with E-state index in [1.807, 2.05) is 19.9 Å². The zero-order chi connectivity index (χ0) is 20.6. The number of carbonyl (C=O) groups is 2. The second-order valence-electron chi connectivity index (χ2n) is 9.18. The fourth-order valence-corrected chi connectivity index (χ4v) is 6.37. The predicted molar refractivity (Wildman–Crippen MR) is 113 cm³/mol. The van der Waals surface area contributed by atoms with E-state index in [1.165, 1.54) is 19.3 Å². The Morgan fingerprint density at radius 1 is 1.17 bits per heavy atom. The molecule has 5 rings (SSSR count). The van der Waals surface area contributed by atoms with E-state index in [0.717, 1.165) is 54.4 Å². The van der Waals surface area contributed by atoms with Crippen molar-refractivity contribution < 1.29 is 14.4 Å². The fraction of sp³-hybridized carbons (Fsp3) is 0.591. The van der Waals surface area contributed by atoms with Crippen molar-refractivity contribution in [1.29, 1.82) is 0 Å². The molecule has 0 atom stereocenters. The minimum absolute atomic E-state index is 0.0456. The number of oxime groups is 1. The van der Waals surface area contributed by atoms with Gasteiger partial charge in [0.1, 0.15) is 6.21 Å². The first kappa shape index (κ1) is 20.2. The van der Waals surface area contributed by atoms with Gasteiger partial charge in [-0.15, -0.1) is 0 Å². The number of nitrogens with one attached hydrogen (secondary N) is 2. The molecule has 1 aromatic rings. The minimum Gasteiger partial charge on any atom is -0.386 e. The van der Waals surface area contributed by atoms with Crippen molar-refractivity contribution in [3.8, 4) is 0 Å². The Kier molecular flexibility index (Phi) is 5.56. The Hall–Kier alpha value is -2.08. The lowest BCUT2D eigenvalue weighted by atomic mass is 9.53. The maximum absolute atomic E-state index is 12.4. The van der Waals surface area contributed by atoms with Crippen LogP contribution in [0.5, 0.6) is 0 Å². The summed E-state index contributed by atoms with van der Waals surface area (Å²) in [6.07, 6.45) is 8.28. The van der Waals surface area contributed by atoms with Gasteiger partial charge in [-0.2, -0.15) is 0 Å². The molecule has 1 aromatic carbocycles. The highest BCUT2D eigenvalue weighted by Gasteiger charge is 2.51. The van der Waals surface area contributed by atoms with E-state index in [4.69, 9.17) is 16.4 Å². The van der Waals surface area contributed by atoms with Crippen LogP contribution in [0.3, 0.4) is 0 Å². The van der Waals surface area contributed by atoms with E-state index >= 15 is 0 Å². The molecule has 4 aliphatic carbocycles. The van der Waals surface area contributed by atoms with Gasteiger partial charge in [-0.1, -0.05) is 22.8 Å². The molecule has 4 aliphatic rings. The Morgan fingerprint density at radius 3 is 2.38 bits per heavy atom. The first-order chi connectivity index (χ1) is 13.8. The fourth-order valence-electron chi connectivity index (χ4n) is 6.01. The molecule has 29 heavy (non-hydrogen) atoms. The maximum atomic E-state index is 12.4. The van der Waals surface area contributed by atoms with Crippen LogP contribution in [0.25, 0.3) is 0 Å². The molecule has 156 valence electrons. The summed E-state index contributed by atoms with van der Waals surface area (Å²) in [5.74, 6) is 1.67. The number of carbonyl (C=O) groups excluding carboxylic acids is 2. The van der Waals surface area contributed by atoms with Crippen molar-refractivity contribution in [2.24, 2.45) is 22.9 Å². The van der Waals surface area contributed by atoms with Crippen LogP contribution in [0.4, 0.5) is 5.69 Å². The molecule has 0 aliphatic heterocycles. The zero-order valence-corrected chi connectivity index (χ0v) is 17.7. The normalized spacial score (nSPS) is 29.8. The number of aryl methyl sites for hydroxylation is 2. The second-order valence-corrected chi connectivity index (χ2v) is 9.59. The van der Waals surface area contributed by atoms with E-state index in [1.54, 1.807) is 6.07 Å². The first-order valence-corrected chi connectivity index (χ1v) is 10.7. The molecule has 0 radical (unpaired) electrons. The molecule has 6 nitrogen and oxygen atoms in total. The average molecular weight is 418 g/mol. The van der Waals surface area contributed by atoms with Crippen molar-refractivity contribution in [1.82, 2.24) is 5.32 Å². The Balaban J connectivity index is 1.24. The van der Waals surface area contributed by atoms with Gasteiger partial charge in [0.15, 0.2) is 6.61 Å². The minimum atomic E-state index is -0.458. The highest BCUT2D eigenvalue weighted by molar-refractivity contribution is 6.37. The van der Waals surface area contributed by atoms with Crippen molar-refractivity contribution in [2.75, 3.05) is 11.9 Å². The monoisotopic (exact) mass is 417 g/mol. The molecule has 2 amide bonds. The number of anilines is 1. The van der Waals surface area contributed by atoms with Gasteiger partial charge in [0, 0.05) is 5.54 Å². The molecule has 0 unspecified atom stereocenters. The van der Waals surface area contributed by atoms with Crippen LogP contribution in [-0.4, -0.2) is 30.2 Å². The van der Waals surface area contributed by atoms with Crippen molar-refractivity contribution in [2.45, 2.75) is 57.9 Å². The van der Waals surface area contributed by atoms with Crippen LogP contribution >= 0.6 is 11.6 Å². The van der Waals surface area contributed by atoms with Gasteiger partial charge in [-0.3, -0.25) is 9.59 Å². The van der Waals surface area contributed by atoms with Gasteiger partial charge in [-0.05, 0) is 87.3 Å². The predicted octanol–water partition coefficient (Wildman–Crippen LogP) is 3.98. The summed E-state index contributed by atoms with van der Waals surface area (Å²) in [4.78, 5) is 29.5. The molecule has 7 heteroatoms. The number of hydrogen-bond acceptors (Lipinski definition) is 4. The van der Waals surface area contributed by atoms with Crippen LogP contribution in [0, 0.1) is 31.6 Å². The Morgan fingerprint density at radius 2 is 1.79 bits per heavy atom. The average Bonchev–Trinajstić information content (AvgIpc) is 2.60. The molecule has 2 N–H and O–H groups in total. The summed E-state index contributed by atoms with van der Waals surface area (Å²) < 4.78 is 0. The van der Waals surface area contributed by atoms with Crippen LogP contribution in [-0.2, 0) is 14.4 Å². The summed E-state index contributed by atoms with van der Waals surface area (Å²) in [5, 5.41) is 10.0. The molecule has 0 aromatic heterocycles. The van der Waals surface area contributed by atoms with Gasteiger partial charge in [0.25, 0.3) is 11.8 Å². The number of benzene rings is 1. The number of amides is 2. The Bertz CT molecular complexity index is 793. The smallest absolute Gasteiger partial charge is 0.270 e. The van der Waals surface area contributed by atoms with Crippen molar-refractivity contribution >= 4 is 35.3 Å². The highest BCUT2D eigenvalue weighted by Crippen LogP contribution is 2.55. The Labute approximate surface area is 176 Å². The SMILES string of the molecule is Cc1cc(C)c(NC(=O)C=NOCC(=O)NC23CC4CC(CC(C4)C2)C3)c(Cl)c1. The lowest BCUT2D eigenvalue weighted by molar-refractivity contribution is -0.131. The molecular formula is C22H28ClN3O3. The van der Waals surface area contributed by atoms with Crippen molar-refractivity contribution in [3.63, 3.8) is 0 Å². The van der Waals surface area contributed by atoms with E-state index in [-0.39, 0.29) is 18.1 Å². The van der Waals surface area contributed by atoms with Gasteiger partial charge < -0.3 is 15.5 Å². The lowest BCUT2D eigenvalue weighted by Crippen LogP contribution is -2.60. The van der Waals surface area contributed by atoms with Crippen LogP contribution in [0.1, 0.15) is 49.7 Å². The summed E-state index contributed by atoms with van der Waals surface area (Å²) in [5.41, 5.74) is 2.39. The quantitative estimate of drug-likeness (QED) is 0.542. The zero-order valence-electron chi connectivity index (χ0n) is 17.0. The molecular weight excluding hydrogens is 390 g/mol. The number of rotatable bonds is 6. The molecule has 4 saturated carbocycles. The van der Waals surface area contributed by atoms with E-state index in [0.29, 0.717) is 10.7 Å². The summed E-state index contributed by atoms with van der Waals surface area (Å²) in [6, 6.07) is 3.72. The van der Waals surface area contributed by atoms with Gasteiger partial charge in [0.05, 0.1) is 10.7 Å². The topological polar surface area (TPSA) is 79.8 Å².